The number of nitrogens with one attached hydrogen (secondary N) is 1. The first-order valence-corrected chi connectivity index (χ1v) is 9.98. The van der Waals surface area contributed by atoms with Crippen molar-refractivity contribution in [1.29, 1.82) is 0 Å². The van der Waals surface area contributed by atoms with Gasteiger partial charge < -0.3 is 19.3 Å². The van der Waals surface area contributed by atoms with Gasteiger partial charge in [0.05, 0.1) is 24.4 Å². The molecule has 0 aliphatic carbocycles. The quantitative estimate of drug-likeness (QED) is 0.517. The number of hydrogen-bond acceptors (Lipinski definition) is 6. The van der Waals surface area contributed by atoms with E-state index in [1.165, 1.54) is 7.11 Å². The van der Waals surface area contributed by atoms with Crippen molar-refractivity contribution in [2.75, 3.05) is 19.0 Å². The van der Waals surface area contributed by atoms with E-state index < -0.39 is 0 Å². The van der Waals surface area contributed by atoms with Crippen LogP contribution in [0.15, 0.2) is 40.9 Å². The van der Waals surface area contributed by atoms with E-state index in [2.05, 4.69) is 29.3 Å². The monoisotopic (exact) mass is 429 g/mol. The fourth-order valence-corrected chi connectivity index (χ4v) is 3.04. The highest BCUT2D eigenvalue weighted by Gasteiger charge is 2.18. The third-order valence-corrected chi connectivity index (χ3v) is 4.66. The van der Waals surface area contributed by atoms with E-state index in [0.717, 1.165) is 6.42 Å². The third kappa shape index (κ3) is 5.10. The molecule has 0 spiro atoms. The van der Waals surface area contributed by atoms with Crippen LogP contribution in [0.5, 0.6) is 11.5 Å². The minimum atomic E-state index is -0.350. The fourth-order valence-electron chi connectivity index (χ4n) is 2.78. The van der Waals surface area contributed by atoms with Crippen molar-refractivity contribution < 1.29 is 18.8 Å². The molecule has 0 fully saturated rings. The Morgan fingerprint density at radius 2 is 2.03 bits per heavy atom. The van der Waals surface area contributed by atoms with Crippen LogP contribution >= 0.6 is 11.6 Å². The van der Waals surface area contributed by atoms with Gasteiger partial charge in [-0.05, 0) is 36.6 Å². The summed E-state index contributed by atoms with van der Waals surface area (Å²) >= 11 is 6.39. The Kier molecular flexibility index (Phi) is 6.95. The number of hydrogen-bond donors (Lipinski definition) is 1. The zero-order valence-corrected chi connectivity index (χ0v) is 18.1. The van der Waals surface area contributed by atoms with Gasteiger partial charge in [0.25, 0.3) is 5.91 Å². The lowest BCUT2D eigenvalue weighted by Crippen LogP contribution is -2.13. The molecule has 0 aliphatic heterocycles. The number of methoxy groups -OCH3 is 1. The molecule has 2 aromatic carbocycles. The number of nitrogens with zero attached hydrogens (tertiary/aromatic N) is 2. The Hall–Kier alpha value is -3.06. The van der Waals surface area contributed by atoms with Crippen molar-refractivity contribution >= 4 is 23.2 Å². The van der Waals surface area contributed by atoms with Gasteiger partial charge in [0.2, 0.25) is 11.7 Å². The molecule has 0 bridgehead atoms. The first-order chi connectivity index (χ1) is 14.4. The highest BCUT2D eigenvalue weighted by atomic mass is 35.5. The summed E-state index contributed by atoms with van der Waals surface area (Å²) < 4.78 is 16.2. The molecule has 7 nitrogen and oxygen atoms in total. The van der Waals surface area contributed by atoms with E-state index in [1.807, 2.05) is 12.1 Å². The van der Waals surface area contributed by atoms with Crippen molar-refractivity contribution in [2.45, 2.75) is 27.2 Å². The second kappa shape index (κ2) is 9.63. The topological polar surface area (TPSA) is 86.5 Å². The van der Waals surface area contributed by atoms with Crippen LogP contribution in [-0.2, 0) is 0 Å². The Morgan fingerprint density at radius 1 is 1.27 bits per heavy atom. The number of carbonyl (C=O) groups excluding carboxylic acids is 1. The summed E-state index contributed by atoms with van der Waals surface area (Å²) in [7, 11) is 1.51. The summed E-state index contributed by atoms with van der Waals surface area (Å²) in [6.45, 7) is 6.44. The van der Waals surface area contributed by atoms with Crippen LogP contribution in [0.4, 0.5) is 5.69 Å². The zero-order chi connectivity index (χ0) is 21.7. The number of rotatable bonds is 8. The number of benzene rings is 2. The van der Waals surface area contributed by atoms with Gasteiger partial charge in [0.1, 0.15) is 0 Å². The van der Waals surface area contributed by atoms with Gasteiger partial charge in [0, 0.05) is 18.1 Å². The molecule has 1 heterocycles. The number of halogens is 1. The molecule has 8 heteroatoms. The molecule has 0 radical (unpaired) electrons. The second-order valence-corrected chi connectivity index (χ2v) is 7.56. The van der Waals surface area contributed by atoms with E-state index >= 15 is 0 Å². The van der Waals surface area contributed by atoms with Gasteiger partial charge >= 0.3 is 0 Å². The molecule has 1 aromatic heterocycles. The highest BCUT2D eigenvalue weighted by molar-refractivity contribution is 6.32. The second-order valence-electron chi connectivity index (χ2n) is 7.16. The Balaban J connectivity index is 1.83. The Morgan fingerprint density at radius 3 is 2.70 bits per heavy atom. The van der Waals surface area contributed by atoms with E-state index in [4.69, 9.17) is 25.6 Å². The minimum Gasteiger partial charge on any atom is -0.493 e. The number of aryl methyl sites for hydroxylation is 1. The van der Waals surface area contributed by atoms with Crippen molar-refractivity contribution in [3.63, 3.8) is 0 Å². The predicted molar refractivity (Wildman–Crippen MR) is 115 cm³/mol. The molecule has 1 amide bonds. The fraction of sp³-hybridized carbons (Fsp3) is 0.318. The smallest absolute Gasteiger partial charge is 0.255 e. The van der Waals surface area contributed by atoms with Crippen LogP contribution in [0.25, 0.3) is 11.4 Å². The molecule has 3 rings (SSSR count). The van der Waals surface area contributed by atoms with E-state index in [-0.39, 0.29) is 5.91 Å². The number of ether oxygens (including phenoxy) is 2. The zero-order valence-electron chi connectivity index (χ0n) is 17.4. The van der Waals surface area contributed by atoms with Gasteiger partial charge in [-0.1, -0.05) is 42.7 Å². The summed E-state index contributed by atoms with van der Waals surface area (Å²) in [6, 6.07) is 10.4. The van der Waals surface area contributed by atoms with Gasteiger partial charge in [-0.25, -0.2) is 0 Å². The molecule has 0 saturated carbocycles. The predicted octanol–water partition coefficient (Wildman–Crippen LogP) is 5.38. The SMILES string of the molecule is COc1cc(C(=O)Nc2ccccc2-c2noc(C)n2)cc(Cl)c1OCCC(C)C. The molecule has 0 aliphatic rings. The van der Waals surface area contributed by atoms with E-state index in [1.54, 1.807) is 31.2 Å². The highest BCUT2D eigenvalue weighted by Crippen LogP contribution is 2.37. The van der Waals surface area contributed by atoms with Crippen LogP contribution in [-0.4, -0.2) is 29.8 Å². The maximum atomic E-state index is 12.9. The molecule has 0 atom stereocenters. The van der Waals surface area contributed by atoms with Crippen LogP contribution in [0, 0.1) is 12.8 Å². The van der Waals surface area contributed by atoms with Crippen LogP contribution in [0.2, 0.25) is 5.02 Å². The lowest BCUT2D eigenvalue weighted by molar-refractivity contribution is 0.102. The Labute approximate surface area is 180 Å². The maximum absolute atomic E-state index is 12.9. The van der Waals surface area contributed by atoms with Gasteiger partial charge in [-0.2, -0.15) is 4.98 Å². The summed E-state index contributed by atoms with van der Waals surface area (Å²) in [5.41, 5.74) is 1.54. The molecular formula is C22H24ClN3O4. The summed E-state index contributed by atoms with van der Waals surface area (Å²) in [5.74, 6) is 1.82. The first-order valence-electron chi connectivity index (χ1n) is 9.60. The normalized spacial score (nSPS) is 10.9. The third-order valence-electron chi connectivity index (χ3n) is 4.38. The van der Waals surface area contributed by atoms with E-state index in [0.29, 0.717) is 57.6 Å². The lowest BCUT2D eigenvalue weighted by Gasteiger charge is -2.15. The standard InChI is InChI=1S/C22H24ClN3O4/c1-13(2)9-10-29-20-17(23)11-15(12-19(20)28-4)22(27)25-18-8-6-5-7-16(18)21-24-14(3)30-26-21/h5-8,11-13H,9-10H2,1-4H3,(H,25,27). The number of amides is 1. The van der Waals surface area contributed by atoms with Crippen molar-refractivity contribution in [2.24, 2.45) is 5.92 Å². The molecule has 1 N–H and O–H groups in total. The number of para-hydroxylation sites is 1. The first kappa shape index (κ1) is 21.6. The number of anilines is 1. The lowest BCUT2D eigenvalue weighted by atomic mass is 10.1. The van der Waals surface area contributed by atoms with Crippen LogP contribution in [0.3, 0.4) is 0 Å². The van der Waals surface area contributed by atoms with Crippen molar-refractivity contribution in [3.05, 3.63) is 52.9 Å². The molecule has 0 saturated heterocycles. The molecule has 3 aromatic rings. The summed E-state index contributed by atoms with van der Waals surface area (Å²) in [6.07, 6.45) is 0.883. The van der Waals surface area contributed by atoms with Gasteiger partial charge in [0.15, 0.2) is 11.5 Å². The van der Waals surface area contributed by atoms with E-state index in [9.17, 15) is 4.79 Å². The summed E-state index contributed by atoms with van der Waals surface area (Å²) in [5, 5.41) is 7.11. The summed E-state index contributed by atoms with van der Waals surface area (Å²) in [4.78, 5) is 17.1. The molecule has 158 valence electrons. The number of carbonyl (C=O) groups is 1. The average molecular weight is 430 g/mol. The maximum Gasteiger partial charge on any atom is 0.255 e. The molecule has 30 heavy (non-hydrogen) atoms. The van der Waals surface area contributed by atoms with Crippen molar-refractivity contribution in [1.82, 2.24) is 10.1 Å². The minimum absolute atomic E-state index is 0.310. The van der Waals surface area contributed by atoms with Crippen LogP contribution in [0.1, 0.15) is 36.5 Å². The molecular weight excluding hydrogens is 406 g/mol. The average Bonchev–Trinajstić information content (AvgIpc) is 3.15. The van der Waals surface area contributed by atoms with Gasteiger partial charge in [-0.15, -0.1) is 0 Å². The Bertz CT molecular complexity index is 1030. The number of aromatic nitrogens is 2. The molecule has 0 unspecified atom stereocenters. The largest absolute Gasteiger partial charge is 0.493 e. The van der Waals surface area contributed by atoms with Gasteiger partial charge in [-0.3, -0.25) is 4.79 Å². The van der Waals surface area contributed by atoms with Crippen molar-refractivity contribution in [3.8, 4) is 22.9 Å². The van der Waals surface area contributed by atoms with Crippen LogP contribution < -0.4 is 14.8 Å².